The lowest BCUT2D eigenvalue weighted by molar-refractivity contribution is 0.151. The minimum atomic E-state index is -0.283. The van der Waals surface area contributed by atoms with Gasteiger partial charge in [-0.25, -0.2) is 4.39 Å². The van der Waals surface area contributed by atoms with Gasteiger partial charge in [-0.15, -0.1) is 0 Å². The smallest absolute Gasteiger partial charge is 0.244 e. The van der Waals surface area contributed by atoms with Crippen LogP contribution in [-0.2, 0) is 0 Å². The Bertz CT molecular complexity index is 644. The van der Waals surface area contributed by atoms with Crippen molar-refractivity contribution in [2.45, 2.75) is 32.4 Å². The third-order valence-corrected chi connectivity index (χ3v) is 3.96. The maximum absolute atomic E-state index is 13.3. The summed E-state index contributed by atoms with van der Waals surface area (Å²) in [6, 6.07) is 4.71. The third kappa shape index (κ3) is 2.82. The van der Waals surface area contributed by atoms with Crippen LogP contribution < -0.4 is 0 Å². The SMILES string of the molecule is Cc1cc(-c2noc(C(C)N3CC[C@H](O)C3)n2)ccc1F. The fourth-order valence-electron chi connectivity index (χ4n) is 2.58. The fraction of sp³-hybridized carbons (Fsp3) is 0.467. The van der Waals surface area contributed by atoms with Gasteiger partial charge in [0.05, 0.1) is 12.1 Å². The molecule has 1 unspecified atom stereocenters. The van der Waals surface area contributed by atoms with Gasteiger partial charge in [-0.3, -0.25) is 4.90 Å². The third-order valence-electron chi connectivity index (χ3n) is 3.96. The molecule has 3 rings (SSSR count). The van der Waals surface area contributed by atoms with E-state index >= 15 is 0 Å². The summed E-state index contributed by atoms with van der Waals surface area (Å²) in [4.78, 5) is 6.51. The normalized spacial score (nSPS) is 20.9. The summed E-state index contributed by atoms with van der Waals surface area (Å²) in [6.45, 7) is 5.11. The molecule has 2 atom stereocenters. The second-order valence-corrected chi connectivity index (χ2v) is 5.53. The van der Waals surface area contributed by atoms with Gasteiger partial charge < -0.3 is 9.63 Å². The number of hydrogen-bond acceptors (Lipinski definition) is 5. The summed E-state index contributed by atoms with van der Waals surface area (Å²) >= 11 is 0. The molecule has 0 spiro atoms. The van der Waals surface area contributed by atoms with Crippen LogP contribution in [0.15, 0.2) is 22.7 Å². The van der Waals surface area contributed by atoms with Gasteiger partial charge in [0.2, 0.25) is 11.7 Å². The molecule has 112 valence electrons. The summed E-state index contributed by atoms with van der Waals surface area (Å²) in [5.74, 6) is 0.725. The molecule has 1 aliphatic heterocycles. The van der Waals surface area contributed by atoms with Gasteiger partial charge in [0, 0.05) is 18.7 Å². The van der Waals surface area contributed by atoms with Crippen molar-refractivity contribution in [1.29, 1.82) is 0 Å². The van der Waals surface area contributed by atoms with E-state index < -0.39 is 0 Å². The first-order valence-corrected chi connectivity index (χ1v) is 7.07. The number of hydrogen-bond donors (Lipinski definition) is 1. The fourth-order valence-corrected chi connectivity index (χ4v) is 2.58. The Balaban J connectivity index is 1.81. The minimum Gasteiger partial charge on any atom is -0.392 e. The zero-order valence-corrected chi connectivity index (χ0v) is 12.1. The van der Waals surface area contributed by atoms with E-state index in [4.69, 9.17) is 4.52 Å². The Morgan fingerprint density at radius 3 is 2.95 bits per heavy atom. The van der Waals surface area contributed by atoms with Crippen molar-refractivity contribution in [1.82, 2.24) is 15.0 Å². The molecule has 1 aromatic carbocycles. The number of β-amino-alcohol motifs (C(OH)–C–C–N with tert-alkyl or cyclic N) is 1. The van der Waals surface area contributed by atoms with Crippen LogP contribution in [0, 0.1) is 12.7 Å². The molecule has 21 heavy (non-hydrogen) atoms. The van der Waals surface area contributed by atoms with Crippen LogP contribution in [0.25, 0.3) is 11.4 Å². The molecule has 1 saturated heterocycles. The van der Waals surface area contributed by atoms with Gasteiger partial charge in [0.15, 0.2) is 0 Å². The van der Waals surface area contributed by atoms with Gasteiger partial charge in [0.25, 0.3) is 0 Å². The standard InChI is InChI=1S/C15H18FN3O2/c1-9-7-11(3-4-13(9)16)14-17-15(21-18-14)10(2)19-6-5-12(20)8-19/h3-4,7,10,12,20H,5-6,8H2,1-2H3/t10?,12-/m0/s1. The molecule has 1 aromatic heterocycles. The molecule has 2 aromatic rings. The van der Waals surface area contributed by atoms with Crippen molar-refractivity contribution < 1.29 is 14.0 Å². The topological polar surface area (TPSA) is 62.4 Å². The van der Waals surface area contributed by atoms with E-state index in [1.54, 1.807) is 19.1 Å². The van der Waals surface area contributed by atoms with Crippen LogP contribution in [0.1, 0.15) is 30.8 Å². The number of aryl methyl sites for hydroxylation is 1. The molecule has 2 heterocycles. The maximum atomic E-state index is 13.3. The van der Waals surface area contributed by atoms with Crippen LogP contribution in [0.2, 0.25) is 0 Å². The van der Waals surface area contributed by atoms with Crippen LogP contribution in [0.4, 0.5) is 4.39 Å². The first-order chi connectivity index (χ1) is 10.0. The quantitative estimate of drug-likeness (QED) is 0.940. The van der Waals surface area contributed by atoms with Crippen LogP contribution >= 0.6 is 0 Å². The van der Waals surface area contributed by atoms with E-state index in [9.17, 15) is 9.50 Å². The van der Waals surface area contributed by atoms with Crippen molar-refractivity contribution in [3.05, 3.63) is 35.5 Å². The van der Waals surface area contributed by atoms with E-state index in [0.29, 0.717) is 23.8 Å². The van der Waals surface area contributed by atoms with Crippen LogP contribution in [-0.4, -0.2) is 39.3 Å². The number of rotatable bonds is 3. The summed E-state index contributed by atoms with van der Waals surface area (Å²) in [7, 11) is 0. The maximum Gasteiger partial charge on any atom is 0.244 e. The van der Waals surface area contributed by atoms with Crippen molar-refractivity contribution in [2.24, 2.45) is 0 Å². The number of aliphatic hydroxyl groups excluding tert-OH is 1. The first-order valence-electron chi connectivity index (χ1n) is 7.07. The predicted octanol–water partition coefficient (Wildman–Crippen LogP) is 2.31. The number of aliphatic hydroxyl groups is 1. The van der Waals surface area contributed by atoms with Crippen LogP contribution in [0.5, 0.6) is 0 Å². The Hall–Kier alpha value is -1.79. The Morgan fingerprint density at radius 1 is 1.48 bits per heavy atom. The lowest BCUT2D eigenvalue weighted by atomic mass is 10.1. The highest BCUT2D eigenvalue weighted by molar-refractivity contribution is 5.55. The average Bonchev–Trinajstić information content (AvgIpc) is 3.10. The molecule has 0 bridgehead atoms. The number of halogens is 1. The molecule has 1 aliphatic rings. The van der Waals surface area contributed by atoms with Crippen molar-refractivity contribution in [3.63, 3.8) is 0 Å². The zero-order chi connectivity index (χ0) is 15.0. The molecule has 0 radical (unpaired) electrons. The number of benzene rings is 1. The molecular weight excluding hydrogens is 273 g/mol. The molecule has 1 fully saturated rings. The van der Waals surface area contributed by atoms with Crippen LogP contribution in [0.3, 0.4) is 0 Å². The van der Waals surface area contributed by atoms with E-state index in [1.165, 1.54) is 6.07 Å². The average molecular weight is 291 g/mol. The Kier molecular flexibility index (Phi) is 3.73. The van der Waals surface area contributed by atoms with E-state index in [-0.39, 0.29) is 18.0 Å². The minimum absolute atomic E-state index is 0.0371. The second kappa shape index (κ2) is 5.54. The molecule has 6 heteroatoms. The Morgan fingerprint density at radius 2 is 2.29 bits per heavy atom. The summed E-state index contributed by atoms with van der Waals surface area (Å²) < 4.78 is 18.6. The molecule has 1 N–H and O–H groups in total. The van der Waals surface area contributed by atoms with Gasteiger partial charge in [0.1, 0.15) is 5.82 Å². The lowest BCUT2D eigenvalue weighted by Crippen LogP contribution is -2.25. The number of nitrogens with zero attached hydrogens (tertiary/aromatic N) is 3. The highest BCUT2D eigenvalue weighted by Gasteiger charge is 2.28. The van der Waals surface area contributed by atoms with Gasteiger partial charge in [-0.1, -0.05) is 5.16 Å². The van der Waals surface area contributed by atoms with Crippen molar-refractivity contribution >= 4 is 0 Å². The monoisotopic (exact) mass is 291 g/mol. The summed E-state index contributed by atoms with van der Waals surface area (Å²) in [6.07, 6.45) is 0.484. The van der Waals surface area contributed by atoms with Gasteiger partial charge in [-0.2, -0.15) is 4.98 Å². The van der Waals surface area contributed by atoms with E-state index in [0.717, 1.165) is 18.5 Å². The molecule has 0 amide bonds. The lowest BCUT2D eigenvalue weighted by Gasteiger charge is -2.19. The molecule has 0 saturated carbocycles. The van der Waals surface area contributed by atoms with Crippen molar-refractivity contribution in [3.8, 4) is 11.4 Å². The molecular formula is C15H18FN3O2. The van der Waals surface area contributed by atoms with Crippen molar-refractivity contribution in [2.75, 3.05) is 13.1 Å². The highest BCUT2D eigenvalue weighted by atomic mass is 19.1. The summed E-state index contributed by atoms with van der Waals surface area (Å²) in [5.41, 5.74) is 1.28. The Labute approximate surface area is 122 Å². The first kappa shape index (κ1) is 14.2. The molecule has 5 nitrogen and oxygen atoms in total. The van der Waals surface area contributed by atoms with Gasteiger partial charge in [-0.05, 0) is 44.0 Å². The summed E-state index contributed by atoms with van der Waals surface area (Å²) in [5, 5.41) is 13.6. The second-order valence-electron chi connectivity index (χ2n) is 5.53. The number of aromatic nitrogens is 2. The predicted molar refractivity (Wildman–Crippen MR) is 75.0 cm³/mol. The highest BCUT2D eigenvalue weighted by Crippen LogP contribution is 2.26. The largest absolute Gasteiger partial charge is 0.392 e. The molecule has 0 aliphatic carbocycles. The number of likely N-dealkylation sites (tertiary alicyclic amines) is 1. The van der Waals surface area contributed by atoms with E-state index in [2.05, 4.69) is 15.0 Å². The van der Waals surface area contributed by atoms with Gasteiger partial charge >= 0.3 is 0 Å². The van der Waals surface area contributed by atoms with E-state index in [1.807, 2.05) is 6.92 Å². The zero-order valence-electron chi connectivity index (χ0n) is 12.1.